The molecule has 0 fully saturated rings. The molecular weight excluding hydrogens is 808 g/mol. The van der Waals surface area contributed by atoms with Gasteiger partial charge in [-0.2, -0.15) is 7.82 Å². The Bertz CT molecular complexity index is 717. The molecule has 0 atom stereocenters. The fourth-order valence-electron chi connectivity index (χ4n) is 7.93. The van der Waals surface area contributed by atoms with E-state index in [1.54, 1.807) is 0 Å². The first-order valence-corrected chi connectivity index (χ1v) is 28.8. The summed E-state index contributed by atoms with van der Waals surface area (Å²) in [5, 5.41) is 0. The molecule has 0 heterocycles. The van der Waals surface area contributed by atoms with Crippen LogP contribution in [0, 0.1) is 0 Å². The summed E-state index contributed by atoms with van der Waals surface area (Å²) in [6, 6.07) is 0. The molecule has 0 saturated heterocycles. The van der Waals surface area contributed by atoms with Gasteiger partial charge in [0.05, 0.1) is 78.5 Å². The lowest BCUT2D eigenvalue weighted by Crippen LogP contribution is -2.50. The molecule has 0 aliphatic carbocycles. The molecule has 13 heteroatoms. The predicted molar refractivity (Wildman–Crippen MR) is 260 cm³/mol. The minimum atomic E-state index is -5.39. The van der Waals surface area contributed by atoms with Gasteiger partial charge in [-0.1, -0.05) is 160 Å². The van der Waals surface area contributed by atoms with Crippen molar-refractivity contribution in [1.82, 2.24) is 0 Å². The number of rotatable bonds is 36. The van der Waals surface area contributed by atoms with Gasteiger partial charge in [0, 0.05) is 0 Å². The van der Waals surface area contributed by atoms with Crippen LogP contribution in [0.2, 0.25) is 0 Å². The maximum Gasteiger partial charge on any atom is 0.466 e. The van der Waals surface area contributed by atoms with Gasteiger partial charge >= 0.3 is 7.82 Å². The van der Waals surface area contributed by atoms with Gasteiger partial charge in [0.25, 0.3) is 0 Å². The van der Waals surface area contributed by atoms with Crippen molar-refractivity contribution in [1.29, 1.82) is 0 Å². The van der Waals surface area contributed by atoms with Crippen LogP contribution in [-0.2, 0) is 9.13 Å². The van der Waals surface area contributed by atoms with Crippen molar-refractivity contribution in [3.8, 4) is 0 Å². The molecule has 0 aliphatic heterocycles. The van der Waals surface area contributed by atoms with Crippen LogP contribution < -0.4 is 14.7 Å². The fourth-order valence-corrected chi connectivity index (χ4v) is 7.93. The van der Waals surface area contributed by atoms with Gasteiger partial charge < -0.3 is 47.4 Å². The molecular formula is C48H111N3O8P2. The van der Waals surface area contributed by atoms with E-state index < -0.39 is 15.6 Å². The SMILES string of the molecule is CCCC[N+](CCCC)(CCCC)CCCC.CCCC[N+](CCCC)(CCCC)CCCC.CCCC[N+](CCCC)(CCCC)CCCC.O=P(O)(O)O.O=P([O-])([O-])[O-]. The summed E-state index contributed by atoms with van der Waals surface area (Å²) in [5.74, 6) is 0. The van der Waals surface area contributed by atoms with Gasteiger partial charge in [-0.25, -0.2) is 4.57 Å². The third-order valence-corrected chi connectivity index (χ3v) is 11.8. The quantitative estimate of drug-likeness (QED) is 0.0413. The first-order chi connectivity index (χ1) is 28.7. The van der Waals surface area contributed by atoms with Crippen LogP contribution in [0.25, 0.3) is 0 Å². The number of quaternary nitrogens is 3. The van der Waals surface area contributed by atoms with Crippen LogP contribution >= 0.6 is 15.6 Å². The molecule has 0 bridgehead atoms. The molecule has 0 saturated carbocycles. The Morgan fingerprint density at radius 1 is 0.279 bits per heavy atom. The summed E-state index contributed by atoms with van der Waals surface area (Å²) in [6.45, 7) is 45.1. The standard InChI is InChI=1S/3C16H36N.2H3O4P/c3*1-5-9-13-17(14-10-6-2,15-11-7-3)16-12-8-4;2*1-5(2,3)4/h3*5-16H2,1-4H3;2*(H3,1,2,3,4)/q3*+1;;/p-3. The minimum Gasteiger partial charge on any atom is -0.822 e. The van der Waals surface area contributed by atoms with Gasteiger partial charge in [0.15, 0.2) is 0 Å². The molecule has 0 aromatic rings. The number of hydrogen-bond acceptors (Lipinski definition) is 5. The number of hydrogen-bond donors (Lipinski definition) is 3. The van der Waals surface area contributed by atoms with Crippen LogP contribution in [0.1, 0.15) is 237 Å². The maximum absolute atomic E-state index is 8.88. The van der Waals surface area contributed by atoms with Crippen molar-refractivity contribution in [3.05, 3.63) is 0 Å². The molecule has 0 aliphatic rings. The molecule has 0 aromatic carbocycles. The molecule has 11 nitrogen and oxygen atoms in total. The second-order valence-electron chi connectivity index (χ2n) is 17.9. The van der Waals surface area contributed by atoms with E-state index in [1.165, 1.54) is 246 Å². The van der Waals surface area contributed by atoms with E-state index >= 15 is 0 Å². The van der Waals surface area contributed by atoms with Crippen LogP contribution in [-0.4, -0.2) is 107 Å². The summed E-state index contributed by atoms with van der Waals surface area (Å²) < 4.78 is 21.7. The predicted octanol–water partition coefficient (Wildman–Crippen LogP) is 11.3. The van der Waals surface area contributed by atoms with Crippen molar-refractivity contribution in [2.24, 2.45) is 0 Å². The monoisotopic (exact) mass is 920 g/mol. The molecule has 0 amide bonds. The molecule has 376 valence electrons. The molecule has 3 N–H and O–H groups in total. The summed E-state index contributed by atoms with van der Waals surface area (Å²) in [4.78, 5) is 47.2. The van der Waals surface area contributed by atoms with Gasteiger partial charge in [-0.05, 0) is 77.0 Å². The maximum atomic E-state index is 8.88. The summed E-state index contributed by atoms with van der Waals surface area (Å²) in [7, 11) is -10.0. The highest BCUT2D eigenvalue weighted by molar-refractivity contribution is 7.45. The lowest BCUT2D eigenvalue weighted by Gasteiger charge is -2.39. The van der Waals surface area contributed by atoms with Crippen molar-refractivity contribution >= 4 is 15.6 Å². The van der Waals surface area contributed by atoms with Crippen molar-refractivity contribution in [2.75, 3.05) is 78.5 Å². The van der Waals surface area contributed by atoms with Crippen LogP contribution in [0.3, 0.4) is 0 Å². The molecule has 0 unspecified atom stereocenters. The molecule has 0 rings (SSSR count). The van der Waals surface area contributed by atoms with Gasteiger partial charge in [-0.15, -0.1) is 0 Å². The van der Waals surface area contributed by atoms with Crippen molar-refractivity contribution in [3.63, 3.8) is 0 Å². The zero-order valence-corrected chi connectivity index (χ0v) is 44.9. The van der Waals surface area contributed by atoms with E-state index in [1.807, 2.05) is 0 Å². The van der Waals surface area contributed by atoms with Crippen molar-refractivity contribution < 1.29 is 51.9 Å². The lowest BCUT2D eigenvalue weighted by atomic mass is 10.1. The van der Waals surface area contributed by atoms with Gasteiger partial charge in [-0.3, -0.25) is 0 Å². The van der Waals surface area contributed by atoms with Gasteiger partial charge in [0.2, 0.25) is 0 Å². The Labute approximate surface area is 382 Å². The number of phosphoric acid groups is 2. The highest BCUT2D eigenvalue weighted by atomic mass is 31.2. The smallest absolute Gasteiger partial charge is 0.466 e. The van der Waals surface area contributed by atoms with Crippen LogP contribution in [0.15, 0.2) is 0 Å². The largest absolute Gasteiger partial charge is 0.822 e. The van der Waals surface area contributed by atoms with E-state index in [0.29, 0.717) is 0 Å². The zero-order chi connectivity index (χ0) is 48.0. The highest BCUT2D eigenvalue weighted by Gasteiger charge is 2.27. The second kappa shape index (κ2) is 48.0. The molecule has 0 spiro atoms. The Hall–Kier alpha value is 0.1000. The lowest BCUT2D eigenvalue weighted by molar-refractivity contribution is -0.929. The number of nitrogens with zero attached hydrogens (tertiary/aromatic N) is 3. The average Bonchev–Trinajstić information content (AvgIpc) is 3.21. The normalized spacial score (nSPS) is 12.0. The third kappa shape index (κ3) is 56.2. The molecule has 61 heavy (non-hydrogen) atoms. The van der Waals surface area contributed by atoms with Crippen LogP contribution in [0.4, 0.5) is 0 Å². The first-order valence-electron chi connectivity index (χ1n) is 25.8. The van der Waals surface area contributed by atoms with E-state index in [0.717, 1.165) is 0 Å². The minimum absolute atomic E-state index is 1.35. The van der Waals surface area contributed by atoms with E-state index in [4.69, 9.17) is 38.5 Å². The zero-order valence-electron chi connectivity index (χ0n) is 43.1. The Balaban J connectivity index is -0.000000230. The molecule has 0 radical (unpaired) electrons. The summed E-state index contributed by atoms with van der Waals surface area (Å²) in [5.41, 5.74) is 0. The Morgan fingerprint density at radius 3 is 0.393 bits per heavy atom. The number of unbranched alkanes of at least 4 members (excludes halogenated alkanes) is 12. The van der Waals surface area contributed by atoms with E-state index in [9.17, 15) is 0 Å². The summed E-state index contributed by atoms with van der Waals surface area (Å²) >= 11 is 0. The van der Waals surface area contributed by atoms with E-state index in [2.05, 4.69) is 83.1 Å². The topological polar surface area (TPSA) is 164 Å². The highest BCUT2D eigenvalue weighted by Crippen LogP contribution is 2.26. The average molecular weight is 920 g/mol. The fraction of sp³-hybridized carbons (Fsp3) is 1.00. The van der Waals surface area contributed by atoms with Crippen LogP contribution in [0.5, 0.6) is 0 Å². The molecule has 0 aromatic heterocycles. The second-order valence-corrected chi connectivity index (χ2v) is 19.8. The Morgan fingerprint density at radius 2 is 0.344 bits per heavy atom. The third-order valence-electron chi connectivity index (χ3n) is 11.8. The van der Waals surface area contributed by atoms with Crippen molar-refractivity contribution in [2.45, 2.75) is 237 Å². The Kier molecular flexibility index (Phi) is 55.2. The van der Waals surface area contributed by atoms with E-state index in [-0.39, 0.29) is 0 Å². The van der Waals surface area contributed by atoms with Gasteiger partial charge in [0.1, 0.15) is 0 Å². The summed E-state index contributed by atoms with van der Waals surface area (Å²) in [6.07, 6.45) is 33.2. The first kappa shape index (κ1) is 70.1.